The molecule has 1 atom stereocenters. The number of carboxylic acids is 1. The van der Waals surface area contributed by atoms with Crippen LogP contribution in [0.3, 0.4) is 0 Å². The molecule has 2 aromatic rings. The second kappa shape index (κ2) is 6.17. The lowest BCUT2D eigenvalue weighted by atomic mass is 10.1. The Morgan fingerprint density at radius 3 is 2.71 bits per heavy atom. The third kappa shape index (κ3) is 3.02. The predicted molar refractivity (Wildman–Crippen MR) is 82.6 cm³/mol. The third-order valence-corrected chi connectivity index (χ3v) is 3.81. The van der Waals surface area contributed by atoms with E-state index in [1.54, 1.807) is 20.0 Å². The van der Waals surface area contributed by atoms with Crippen molar-refractivity contribution in [3.63, 3.8) is 0 Å². The van der Waals surface area contributed by atoms with E-state index in [-0.39, 0.29) is 0 Å². The molecule has 1 unspecified atom stereocenters. The molecule has 1 aromatic heterocycles. The molecular weight excluding hydrogens is 338 g/mol. The van der Waals surface area contributed by atoms with Crippen molar-refractivity contribution < 1.29 is 14.6 Å². The van der Waals surface area contributed by atoms with E-state index in [2.05, 4.69) is 26.3 Å². The summed E-state index contributed by atoms with van der Waals surface area (Å²) in [6.07, 6.45) is 0. The molecule has 2 N–H and O–H groups in total. The maximum Gasteiger partial charge on any atom is 0.331 e. The van der Waals surface area contributed by atoms with E-state index < -0.39 is 12.0 Å². The standard InChI is InChI=1S/C14H16BrN3O3/c1-8-11(13(21-3)18(2)17-8)12(14(19)20)16-10-7-5-4-6-9(10)15/h4-7,12,16H,1-3H3,(H,19,20). The molecule has 7 heteroatoms. The molecular formula is C14H16BrN3O3. The van der Waals surface area contributed by atoms with E-state index in [1.807, 2.05) is 18.2 Å². The molecule has 0 spiro atoms. The molecule has 0 radical (unpaired) electrons. The number of methoxy groups -OCH3 is 1. The van der Waals surface area contributed by atoms with Gasteiger partial charge in [-0.1, -0.05) is 12.1 Å². The van der Waals surface area contributed by atoms with Crippen LogP contribution in [0.1, 0.15) is 17.3 Å². The second-order valence-corrected chi connectivity index (χ2v) is 5.38. The zero-order valence-corrected chi connectivity index (χ0v) is 13.5. The molecule has 0 aliphatic heterocycles. The molecule has 0 saturated carbocycles. The molecule has 21 heavy (non-hydrogen) atoms. The van der Waals surface area contributed by atoms with Crippen LogP contribution in [-0.2, 0) is 11.8 Å². The number of nitrogens with one attached hydrogen (secondary N) is 1. The smallest absolute Gasteiger partial charge is 0.331 e. The lowest BCUT2D eigenvalue weighted by Gasteiger charge is -2.17. The van der Waals surface area contributed by atoms with Crippen LogP contribution < -0.4 is 10.1 Å². The van der Waals surface area contributed by atoms with Gasteiger partial charge in [0.05, 0.1) is 18.4 Å². The first-order chi connectivity index (χ1) is 9.95. The summed E-state index contributed by atoms with van der Waals surface area (Å²) >= 11 is 3.40. The number of anilines is 1. The number of ether oxygens (including phenoxy) is 1. The van der Waals surface area contributed by atoms with Crippen molar-refractivity contribution in [3.05, 3.63) is 40.0 Å². The summed E-state index contributed by atoms with van der Waals surface area (Å²) in [6.45, 7) is 1.76. The fraction of sp³-hybridized carbons (Fsp3) is 0.286. The average Bonchev–Trinajstić information content (AvgIpc) is 2.71. The largest absolute Gasteiger partial charge is 0.481 e. The first kappa shape index (κ1) is 15.4. The second-order valence-electron chi connectivity index (χ2n) is 4.53. The van der Waals surface area contributed by atoms with Gasteiger partial charge >= 0.3 is 5.97 Å². The van der Waals surface area contributed by atoms with Gasteiger partial charge in [-0.25, -0.2) is 9.48 Å². The number of benzene rings is 1. The SMILES string of the molecule is COc1c(C(Nc2ccccc2Br)C(=O)O)c(C)nn1C. The molecule has 0 aliphatic carbocycles. The minimum atomic E-state index is -1.000. The van der Waals surface area contributed by atoms with E-state index in [9.17, 15) is 9.90 Å². The van der Waals surface area contributed by atoms with Crippen molar-refractivity contribution in [1.82, 2.24) is 9.78 Å². The molecule has 0 fully saturated rings. The highest BCUT2D eigenvalue weighted by molar-refractivity contribution is 9.10. The van der Waals surface area contributed by atoms with Crippen molar-refractivity contribution in [2.75, 3.05) is 12.4 Å². The van der Waals surface area contributed by atoms with Gasteiger partial charge in [0.15, 0.2) is 6.04 Å². The number of aromatic nitrogens is 2. The monoisotopic (exact) mass is 353 g/mol. The summed E-state index contributed by atoms with van der Waals surface area (Å²) in [5, 5.41) is 16.8. The molecule has 0 bridgehead atoms. The lowest BCUT2D eigenvalue weighted by Crippen LogP contribution is -2.21. The fourth-order valence-electron chi connectivity index (χ4n) is 2.22. The molecule has 1 aromatic carbocycles. The number of halogens is 1. The first-order valence-corrected chi connectivity index (χ1v) is 7.06. The highest BCUT2D eigenvalue weighted by Gasteiger charge is 2.29. The topological polar surface area (TPSA) is 76.4 Å². The fourth-order valence-corrected chi connectivity index (χ4v) is 2.62. The number of nitrogens with zero attached hydrogens (tertiary/aromatic N) is 2. The normalized spacial score (nSPS) is 12.0. The van der Waals surface area contributed by atoms with Gasteiger partial charge in [0, 0.05) is 17.2 Å². The number of carbonyl (C=O) groups is 1. The number of carboxylic acid groups (broad SMARTS) is 1. The van der Waals surface area contributed by atoms with Gasteiger partial charge in [-0.15, -0.1) is 0 Å². The van der Waals surface area contributed by atoms with E-state index in [4.69, 9.17) is 4.74 Å². The Bertz CT molecular complexity index is 669. The van der Waals surface area contributed by atoms with Crippen LogP contribution in [0.15, 0.2) is 28.7 Å². The number of para-hydroxylation sites is 1. The highest BCUT2D eigenvalue weighted by Crippen LogP contribution is 2.32. The van der Waals surface area contributed by atoms with Crippen LogP contribution in [-0.4, -0.2) is 28.0 Å². The van der Waals surface area contributed by atoms with Gasteiger partial charge in [-0.3, -0.25) is 0 Å². The van der Waals surface area contributed by atoms with Crippen LogP contribution >= 0.6 is 15.9 Å². The van der Waals surface area contributed by atoms with Crippen LogP contribution in [0.4, 0.5) is 5.69 Å². The van der Waals surface area contributed by atoms with Gasteiger partial charge in [0.25, 0.3) is 0 Å². The van der Waals surface area contributed by atoms with Crippen molar-refractivity contribution in [2.45, 2.75) is 13.0 Å². The molecule has 1 heterocycles. The lowest BCUT2D eigenvalue weighted by molar-refractivity contribution is -0.138. The number of rotatable bonds is 5. The summed E-state index contributed by atoms with van der Waals surface area (Å²) in [6, 6.07) is 6.39. The van der Waals surface area contributed by atoms with Crippen molar-refractivity contribution in [2.24, 2.45) is 7.05 Å². The summed E-state index contributed by atoms with van der Waals surface area (Å²) in [5.41, 5.74) is 1.82. The van der Waals surface area contributed by atoms with E-state index in [0.29, 0.717) is 22.8 Å². The van der Waals surface area contributed by atoms with Crippen molar-refractivity contribution in [1.29, 1.82) is 0 Å². The Morgan fingerprint density at radius 1 is 1.48 bits per heavy atom. The van der Waals surface area contributed by atoms with Crippen molar-refractivity contribution in [3.8, 4) is 5.88 Å². The summed E-state index contributed by atoms with van der Waals surface area (Å²) in [7, 11) is 3.21. The van der Waals surface area contributed by atoms with Crippen LogP contribution in [0.5, 0.6) is 5.88 Å². The van der Waals surface area contributed by atoms with Gasteiger partial charge in [-0.2, -0.15) is 5.10 Å². The van der Waals surface area contributed by atoms with Gasteiger partial charge < -0.3 is 15.2 Å². The Hall–Kier alpha value is -2.02. The van der Waals surface area contributed by atoms with E-state index in [0.717, 1.165) is 4.47 Å². The van der Waals surface area contributed by atoms with Gasteiger partial charge in [0.2, 0.25) is 5.88 Å². The predicted octanol–water partition coefficient (Wildman–Crippen LogP) is 2.74. The zero-order chi connectivity index (χ0) is 15.6. The maximum atomic E-state index is 11.7. The summed E-state index contributed by atoms with van der Waals surface area (Å²) < 4.78 is 7.60. The number of aliphatic carboxylic acids is 1. The maximum absolute atomic E-state index is 11.7. The Kier molecular flexibility index (Phi) is 4.52. The molecule has 0 saturated heterocycles. The Balaban J connectivity index is 2.46. The Morgan fingerprint density at radius 2 is 2.14 bits per heavy atom. The quantitative estimate of drug-likeness (QED) is 0.864. The number of hydrogen-bond acceptors (Lipinski definition) is 4. The molecule has 2 rings (SSSR count). The molecule has 112 valence electrons. The highest BCUT2D eigenvalue weighted by atomic mass is 79.9. The third-order valence-electron chi connectivity index (χ3n) is 3.12. The van der Waals surface area contributed by atoms with Gasteiger partial charge in [-0.05, 0) is 35.0 Å². The first-order valence-electron chi connectivity index (χ1n) is 6.27. The summed E-state index contributed by atoms with van der Waals surface area (Å²) in [4.78, 5) is 11.7. The Labute approximate surface area is 130 Å². The summed E-state index contributed by atoms with van der Waals surface area (Å²) in [5.74, 6) is -0.570. The van der Waals surface area contributed by atoms with Crippen LogP contribution in [0.2, 0.25) is 0 Å². The minimum absolute atomic E-state index is 0.430. The average molecular weight is 354 g/mol. The minimum Gasteiger partial charge on any atom is -0.481 e. The van der Waals surface area contributed by atoms with E-state index in [1.165, 1.54) is 11.8 Å². The van der Waals surface area contributed by atoms with Crippen molar-refractivity contribution >= 4 is 27.6 Å². The van der Waals surface area contributed by atoms with Crippen LogP contribution in [0, 0.1) is 6.92 Å². The zero-order valence-electron chi connectivity index (χ0n) is 11.9. The van der Waals surface area contributed by atoms with Gasteiger partial charge in [0.1, 0.15) is 0 Å². The molecule has 0 amide bonds. The van der Waals surface area contributed by atoms with Crippen LogP contribution in [0.25, 0.3) is 0 Å². The molecule has 0 aliphatic rings. The number of hydrogen-bond donors (Lipinski definition) is 2. The molecule has 6 nitrogen and oxygen atoms in total. The van der Waals surface area contributed by atoms with E-state index >= 15 is 0 Å². The number of aryl methyl sites for hydroxylation is 2.